The Balaban J connectivity index is 1.67. The Kier molecular flexibility index (Phi) is 5.49. The third kappa shape index (κ3) is 3.95. The Labute approximate surface area is 153 Å². The molecule has 0 aliphatic rings. The third-order valence-corrected chi connectivity index (χ3v) is 5.32. The van der Waals surface area contributed by atoms with E-state index in [1.807, 2.05) is 52.6 Å². The van der Waals surface area contributed by atoms with Gasteiger partial charge >= 0.3 is 0 Å². The van der Waals surface area contributed by atoms with Gasteiger partial charge in [-0.15, -0.1) is 23.1 Å². The molecule has 0 radical (unpaired) electrons. The van der Waals surface area contributed by atoms with Crippen LogP contribution >= 0.6 is 35.3 Å². The summed E-state index contributed by atoms with van der Waals surface area (Å²) in [5, 5.41) is 12.0. The molecule has 0 fully saturated rings. The van der Waals surface area contributed by atoms with Gasteiger partial charge in [0.25, 0.3) is 0 Å². The van der Waals surface area contributed by atoms with Crippen LogP contribution in [0.15, 0.2) is 46.7 Å². The number of hydrogen-bond donors (Lipinski definition) is 2. The van der Waals surface area contributed by atoms with Crippen LogP contribution in [0.3, 0.4) is 0 Å². The Morgan fingerprint density at radius 2 is 2.29 bits per heavy atom. The largest absolute Gasteiger partial charge is 0.326 e. The van der Waals surface area contributed by atoms with E-state index in [1.54, 1.807) is 23.1 Å². The summed E-state index contributed by atoms with van der Waals surface area (Å²) in [5.41, 5.74) is 0.807. The summed E-state index contributed by atoms with van der Waals surface area (Å²) in [5.74, 6) is 0.723. The molecule has 2 N–H and O–H groups in total. The molecule has 0 bridgehead atoms. The molecule has 0 aliphatic heterocycles. The molecule has 2 heterocycles. The summed E-state index contributed by atoms with van der Waals surface area (Å²) in [6, 6.07) is 11.7. The average molecular weight is 377 g/mol. The summed E-state index contributed by atoms with van der Waals surface area (Å²) in [7, 11) is 0. The molecule has 8 heteroatoms. The molecular formula is C16H16N4OS3. The number of thiophene rings is 1. The third-order valence-electron chi connectivity index (χ3n) is 3.42. The van der Waals surface area contributed by atoms with E-state index in [2.05, 4.69) is 15.5 Å². The normalized spacial score (nSPS) is 10.7. The van der Waals surface area contributed by atoms with E-state index in [0.717, 1.165) is 21.3 Å². The Bertz CT molecular complexity index is 883. The van der Waals surface area contributed by atoms with Gasteiger partial charge in [0, 0.05) is 23.5 Å². The van der Waals surface area contributed by atoms with Crippen LogP contribution < -0.4 is 5.32 Å². The lowest BCUT2D eigenvalue weighted by Gasteiger charge is -2.08. The SMILES string of the molecule is CSc1cccc(NC(=O)CCn2c(-c3cccs3)n[nH]c2=S)c1. The van der Waals surface area contributed by atoms with E-state index in [9.17, 15) is 4.79 Å². The minimum atomic E-state index is -0.0477. The summed E-state index contributed by atoms with van der Waals surface area (Å²) >= 11 is 8.51. The number of carbonyl (C=O) groups is 1. The number of aromatic nitrogens is 3. The van der Waals surface area contributed by atoms with Crippen LogP contribution in [0.5, 0.6) is 0 Å². The van der Waals surface area contributed by atoms with Gasteiger partial charge < -0.3 is 5.32 Å². The zero-order chi connectivity index (χ0) is 16.9. The van der Waals surface area contributed by atoms with Gasteiger partial charge in [-0.2, -0.15) is 5.10 Å². The van der Waals surface area contributed by atoms with Gasteiger partial charge in [0.05, 0.1) is 4.88 Å². The van der Waals surface area contributed by atoms with Crippen molar-refractivity contribution in [3.8, 4) is 10.7 Å². The molecule has 5 nitrogen and oxygen atoms in total. The van der Waals surface area contributed by atoms with E-state index in [1.165, 1.54) is 0 Å². The van der Waals surface area contributed by atoms with Crippen LogP contribution in [-0.2, 0) is 11.3 Å². The lowest BCUT2D eigenvalue weighted by atomic mass is 10.3. The molecule has 2 aromatic heterocycles. The zero-order valence-electron chi connectivity index (χ0n) is 13.0. The topological polar surface area (TPSA) is 62.7 Å². The fourth-order valence-corrected chi connectivity index (χ4v) is 3.66. The highest BCUT2D eigenvalue weighted by molar-refractivity contribution is 7.98. The predicted molar refractivity (Wildman–Crippen MR) is 102 cm³/mol. The molecule has 0 saturated heterocycles. The minimum Gasteiger partial charge on any atom is -0.326 e. The smallest absolute Gasteiger partial charge is 0.226 e. The second-order valence-electron chi connectivity index (χ2n) is 5.01. The lowest BCUT2D eigenvalue weighted by Crippen LogP contribution is -2.15. The van der Waals surface area contributed by atoms with Crippen molar-refractivity contribution in [1.82, 2.24) is 14.8 Å². The van der Waals surface area contributed by atoms with Crippen molar-refractivity contribution in [2.75, 3.05) is 11.6 Å². The first-order chi connectivity index (χ1) is 11.7. The number of hydrogen-bond acceptors (Lipinski definition) is 5. The van der Waals surface area contributed by atoms with Gasteiger partial charge in [0.15, 0.2) is 10.6 Å². The first kappa shape index (κ1) is 16.9. The molecule has 0 spiro atoms. The molecule has 3 aromatic rings. The van der Waals surface area contributed by atoms with Gasteiger partial charge in [-0.1, -0.05) is 12.1 Å². The van der Waals surface area contributed by atoms with Crippen LogP contribution in [0, 0.1) is 4.77 Å². The van der Waals surface area contributed by atoms with Crippen LogP contribution in [0.4, 0.5) is 5.69 Å². The lowest BCUT2D eigenvalue weighted by molar-refractivity contribution is -0.116. The molecular weight excluding hydrogens is 360 g/mol. The number of nitrogens with one attached hydrogen (secondary N) is 2. The van der Waals surface area contributed by atoms with Gasteiger partial charge in [0.1, 0.15) is 0 Å². The van der Waals surface area contributed by atoms with Crippen molar-refractivity contribution in [3.63, 3.8) is 0 Å². The van der Waals surface area contributed by atoms with Crippen molar-refractivity contribution < 1.29 is 4.79 Å². The molecule has 3 rings (SSSR count). The summed E-state index contributed by atoms with van der Waals surface area (Å²) in [4.78, 5) is 14.4. The quantitative estimate of drug-likeness (QED) is 0.494. The number of amides is 1. The number of thioether (sulfide) groups is 1. The van der Waals surface area contributed by atoms with Gasteiger partial charge in [-0.05, 0) is 48.1 Å². The highest BCUT2D eigenvalue weighted by Crippen LogP contribution is 2.23. The first-order valence-corrected chi connectivity index (χ1v) is 9.81. The van der Waals surface area contributed by atoms with Gasteiger partial charge in [-0.3, -0.25) is 14.5 Å². The monoisotopic (exact) mass is 376 g/mol. The molecule has 24 heavy (non-hydrogen) atoms. The van der Waals surface area contributed by atoms with E-state index in [4.69, 9.17) is 12.2 Å². The maximum Gasteiger partial charge on any atom is 0.226 e. The van der Waals surface area contributed by atoms with Gasteiger partial charge in [-0.25, -0.2) is 0 Å². The van der Waals surface area contributed by atoms with E-state index in [0.29, 0.717) is 17.7 Å². The summed E-state index contributed by atoms with van der Waals surface area (Å²) < 4.78 is 2.38. The molecule has 1 amide bonds. The van der Waals surface area contributed by atoms with Crippen molar-refractivity contribution in [2.24, 2.45) is 0 Å². The number of aromatic amines is 1. The fraction of sp³-hybridized carbons (Fsp3) is 0.188. The van der Waals surface area contributed by atoms with Gasteiger partial charge in [0.2, 0.25) is 5.91 Å². The van der Waals surface area contributed by atoms with Crippen LogP contribution in [0.25, 0.3) is 10.7 Å². The Morgan fingerprint density at radius 1 is 1.42 bits per heavy atom. The molecule has 0 atom stereocenters. The number of rotatable bonds is 6. The standard InChI is InChI=1S/C16H16N4OS3/c1-23-12-5-2-4-11(10-12)17-14(21)7-8-20-15(18-19-16(20)22)13-6-3-9-24-13/h2-6,9-10H,7-8H2,1H3,(H,17,21)(H,19,22). The average Bonchev–Trinajstić information content (AvgIpc) is 3.22. The summed E-state index contributed by atoms with van der Waals surface area (Å²) in [6.45, 7) is 0.483. The fourth-order valence-electron chi connectivity index (χ4n) is 2.26. The molecule has 0 saturated carbocycles. The van der Waals surface area contributed by atoms with Crippen LogP contribution in [0.2, 0.25) is 0 Å². The van der Waals surface area contributed by atoms with Crippen molar-refractivity contribution in [2.45, 2.75) is 17.9 Å². The number of H-pyrrole nitrogens is 1. The van der Waals surface area contributed by atoms with E-state index >= 15 is 0 Å². The zero-order valence-corrected chi connectivity index (χ0v) is 15.4. The van der Waals surface area contributed by atoms with Crippen molar-refractivity contribution in [1.29, 1.82) is 0 Å². The highest BCUT2D eigenvalue weighted by Gasteiger charge is 2.11. The van der Waals surface area contributed by atoms with E-state index in [-0.39, 0.29) is 5.91 Å². The summed E-state index contributed by atoms with van der Waals surface area (Å²) in [6.07, 6.45) is 2.34. The number of benzene rings is 1. The molecule has 0 unspecified atom stereocenters. The number of anilines is 1. The Hall–Kier alpha value is -1.90. The van der Waals surface area contributed by atoms with E-state index < -0.39 is 0 Å². The molecule has 0 aliphatic carbocycles. The highest BCUT2D eigenvalue weighted by atomic mass is 32.2. The van der Waals surface area contributed by atoms with Crippen LogP contribution in [0.1, 0.15) is 6.42 Å². The Morgan fingerprint density at radius 3 is 3.04 bits per heavy atom. The second kappa shape index (κ2) is 7.78. The molecule has 124 valence electrons. The predicted octanol–water partition coefficient (Wildman–Crippen LogP) is 4.42. The van der Waals surface area contributed by atoms with Crippen LogP contribution in [-0.4, -0.2) is 26.9 Å². The number of nitrogens with zero attached hydrogens (tertiary/aromatic N) is 2. The first-order valence-electron chi connectivity index (χ1n) is 7.30. The maximum atomic E-state index is 12.2. The van der Waals surface area contributed by atoms with Crippen molar-refractivity contribution in [3.05, 3.63) is 46.5 Å². The number of carbonyl (C=O) groups excluding carboxylic acids is 1. The maximum absolute atomic E-state index is 12.2. The van der Waals surface area contributed by atoms with Crippen molar-refractivity contribution >= 4 is 46.9 Å². The second-order valence-corrected chi connectivity index (χ2v) is 7.23. The minimum absolute atomic E-state index is 0.0477. The molecule has 1 aromatic carbocycles.